The van der Waals surface area contributed by atoms with Crippen LogP contribution in [0, 0.1) is 5.41 Å². The van der Waals surface area contributed by atoms with E-state index in [1.54, 1.807) is 29.4 Å². The smallest absolute Gasteiger partial charge is 0.257 e. The van der Waals surface area contributed by atoms with Crippen molar-refractivity contribution in [1.82, 2.24) is 10.2 Å². The van der Waals surface area contributed by atoms with Gasteiger partial charge >= 0.3 is 0 Å². The van der Waals surface area contributed by atoms with E-state index < -0.39 is 12.2 Å². The number of fused-ring (bicyclic) bond motifs is 2. The van der Waals surface area contributed by atoms with Gasteiger partial charge in [-0.25, -0.2) is 0 Å². The first-order valence-electron chi connectivity index (χ1n) is 12.1. The molecule has 3 N–H and O–H groups in total. The van der Waals surface area contributed by atoms with Crippen LogP contribution in [0.3, 0.4) is 0 Å². The molecule has 0 radical (unpaired) electrons. The minimum Gasteiger partial charge on any atom is -0.505 e. The van der Waals surface area contributed by atoms with Crippen LogP contribution in [0.1, 0.15) is 48.0 Å². The Hall–Kier alpha value is -3.30. The van der Waals surface area contributed by atoms with Crippen molar-refractivity contribution in [1.29, 1.82) is 0 Å². The highest BCUT2D eigenvalue weighted by Crippen LogP contribution is 2.47. The number of aryl methyl sites for hydroxylation is 1. The molecule has 0 bridgehead atoms. The molecule has 35 heavy (non-hydrogen) atoms. The molecule has 1 amide bonds. The standard InChI is InChI=1S/C26H29N3O6/c1-26(2)8-6-17-14(7-11-34-17)24(26)28-18-19(22-23(35-22)21(18)31)27-16-5-3-4-15(20(16)30)25(32)29-9-12-33-13-10-29/h3-5,7,11,22-24,27-28,30H,6,8-10,12-13H2,1-2H3. The number of anilines is 1. The fourth-order valence-electron chi connectivity index (χ4n) is 5.36. The Labute approximate surface area is 203 Å². The number of rotatable bonds is 5. The minimum atomic E-state index is -0.518. The van der Waals surface area contributed by atoms with E-state index in [-0.39, 0.29) is 34.5 Å². The number of ketones is 1. The molecule has 184 valence electrons. The number of nitrogens with zero attached hydrogens (tertiary/aromatic N) is 1. The third-order valence-corrected chi connectivity index (χ3v) is 7.54. The van der Waals surface area contributed by atoms with Crippen LogP contribution in [0.15, 0.2) is 46.3 Å². The summed E-state index contributed by atoms with van der Waals surface area (Å²) < 4.78 is 16.6. The molecule has 6 rings (SSSR count). The van der Waals surface area contributed by atoms with Gasteiger partial charge in [-0.2, -0.15) is 0 Å². The predicted octanol–water partition coefficient (Wildman–Crippen LogP) is 2.73. The molecule has 0 spiro atoms. The number of phenols is 1. The lowest BCUT2D eigenvalue weighted by molar-refractivity contribution is -0.117. The molecular formula is C26H29N3O6. The summed E-state index contributed by atoms with van der Waals surface area (Å²) in [5.74, 6) is 0.434. The number of epoxide rings is 1. The Balaban J connectivity index is 1.31. The number of carbonyl (C=O) groups is 2. The average molecular weight is 480 g/mol. The summed E-state index contributed by atoms with van der Waals surface area (Å²) in [6.07, 6.45) is 2.57. The van der Waals surface area contributed by atoms with Gasteiger partial charge in [0.05, 0.1) is 42.5 Å². The second-order valence-electron chi connectivity index (χ2n) is 10.2. The lowest BCUT2D eigenvalue weighted by atomic mass is 9.72. The molecule has 2 saturated heterocycles. The van der Waals surface area contributed by atoms with Gasteiger partial charge in [0, 0.05) is 25.1 Å². The zero-order chi connectivity index (χ0) is 24.3. The monoisotopic (exact) mass is 479 g/mol. The summed E-state index contributed by atoms with van der Waals surface area (Å²) in [6.45, 7) is 6.27. The zero-order valence-corrected chi connectivity index (χ0v) is 19.8. The third-order valence-electron chi connectivity index (χ3n) is 7.54. The first-order chi connectivity index (χ1) is 16.8. The molecule has 2 fully saturated rings. The molecule has 0 saturated carbocycles. The van der Waals surface area contributed by atoms with Crippen LogP contribution in [-0.4, -0.2) is 60.2 Å². The second kappa shape index (κ2) is 8.13. The number of morpholine rings is 1. The van der Waals surface area contributed by atoms with Gasteiger partial charge in [0.2, 0.25) is 5.78 Å². The molecule has 9 heteroatoms. The molecule has 9 nitrogen and oxygen atoms in total. The van der Waals surface area contributed by atoms with E-state index in [9.17, 15) is 14.7 Å². The lowest BCUT2D eigenvalue weighted by Crippen LogP contribution is -2.40. The van der Waals surface area contributed by atoms with Crippen LogP contribution < -0.4 is 10.6 Å². The maximum absolute atomic E-state index is 13.1. The Morgan fingerprint density at radius 1 is 1.17 bits per heavy atom. The first kappa shape index (κ1) is 22.2. The molecule has 2 aliphatic heterocycles. The van der Waals surface area contributed by atoms with E-state index >= 15 is 0 Å². The number of Topliss-reactive ketones (excluding diaryl/α,β-unsaturated/α-hetero) is 1. The maximum Gasteiger partial charge on any atom is 0.257 e. The molecule has 4 aliphatic rings. The number of hydrogen-bond donors (Lipinski definition) is 3. The normalized spacial score (nSPS) is 26.9. The molecule has 2 aromatic rings. The van der Waals surface area contributed by atoms with E-state index in [2.05, 4.69) is 24.5 Å². The van der Waals surface area contributed by atoms with Gasteiger partial charge < -0.3 is 34.5 Å². The number of aromatic hydroxyl groups is 1. The summed E-state index contributed by atoms with van der Waals surface area (Å²) in [7, 11) is 0. The van der Waals surface area contributed by atoms with Crippen molar-refractivity contribution in [2.45, 2.75) is 44.9 Å². The van der Waals surface area contributed by atoms with Crippen molar-refractivity contribution in [2.24, 2.45) is 5.41 Å². The molecule has 1 aromatic heterocycles. The van der Waals surface area contributed by atoms with Crippen LogP contribution in [-0.2, 0) is 20.7 Å². The van der Waals surface area contributed by atoms with Crippen molar-refractivity contribution in [3.05, 3.63) is 58.8 Å². The maximum atomic E-state index is 13.1. The van der Waals surface area contributed by atoms with E-state index in [4.69, 9.17) is 13.9 Å². The summed E-state index contributed by atoms with van der Waals surface area (Å²) >= 11 is 0. The number of para-hydroxylation sites is 1. The third kappa shape index (κ3) is 3.70. The van der Waals surface area contributed by atoms with Crippen LogP contribution in [0.5, 0.6) is 5.75 Å². The molecule has 2 aliphatic carbocycles. The summed E-state index contributed by atoms with van der Waals surface area (Å²) in [5, 5.41) is 17.7. The van der Waals surface area contributed by atoms with Gasteiger partial charge in [0.25, 0.3) is 5.91 Å². The molecule has 3 heterocycles. The number of amides is 1. The van der Waals surface area contributed by atoms with Gasteiger partial charge in [0.15, 0.2) is 11.9 Å². The predicted molar refractivity (Wildman–Crippen MR) is 126 cm³/mol. The first-order valence-corrected chi connectivity index (χ1v) is 12.1. The van der Waals surface area contributed by atoms with Gasteiger partial charge in [-0.1, -0.05) is 19.9 Å². The Kier molecular flexibility index (Phi) is 5.16. The van der Waals surface area contributed by atoms with Gasteiger partial charge in [-0.05, 0) is 30.0 Å². The molecule has 3 unspecified atom stereocenters. The lowest BCUT2D eigenvalue weighted by Gasteiger charge is -2.39. The van der Waals surface area contributed by atoms with Crippen molar-refractivity contribution >= 4 is 17.4 Å². The Morgan fingerprint density at radius 3 is 2.77 bits per heavy atom. The van der Waals surface area contributed by atoms with E-state index in [0.29, 0.717) is 43.4 Å². The molecular weight excluding hydrogens is 450 g/mol. The van der Waals surface area contributed by atoms with Gasteiger partial charge in [-0.15, -0.1) is 0 Å². The molecule has 3 atom stereocenters. The number of phenolic OH excluding ortho intramolecular Hbond substituents is 1. The highest BCUT2D eigenvalue weighted by atomic mass is 16.6. The van der Waals surface area contributed by atoms with Crippen LogP contribution in [0.2, 0.25) is 0 Å². The van der Waals surface area contributed by atoms with Crippen molar-refractivity contribution in [3.8, 4) is 5.75 Å². The van der Waals surface area contributed by atoms with Crippen molar-refractivity contribution < 1.29 is 28.6 Å². The number of nitrogens with one attached hydrogen (secondary N) is 2. The van der Waals surface area contributed by atoms with Gasteiger partial charge in [-0.3, -0.25) is 9.59 Å². The SMILES string of the molecule is CC1(C)CCc2occc2C1NC1=C(Nc2cccc(C(=O)N3CCOCC3)c2O)C2OC2C1=O. The largest absolute Gasteiger partial charge is 0.505 e. The van der Waals surface area contributed by atoms with Crippen LogP contribution in [0.4, 0.5) is 5.69 Å². The zero-order valence-electron chi connectivity index (χ0n) is 19.8. The fourth-order valence-corrected chi connectivity index (χ4v) is 5.36. The highest BCUT2D eigenvalue weighted by molar-refractivity contribution is 6.06. The summed E-state index contributed by atoms with van der Waals surface area (Å²) in [6, 6.07) is 6.86. The van der Waals surface area contributed by atoms with Crippen LogP contribution in [0.25, 0.3) is 0 Å². The Morgan fingerprint density at radius 2 is 1.97 bits per heavy atom. The van der Waals surface area contributed by atoms with E-state index in [1.165, 1.54) is 0 Å². The summed E-state index contributed by atoms with van der Waals surface area (Å²) in [5.41, 5.74) is 2.56. The second-order valence-corrected chi connectivity index (χ2v) is 10.2. The van der Waals surface area contributed by atoms with E-state index in [0.717, 1.165) is 24.2 Å². The number of ether oxygens (including phenoxy) is 2. The highest BCUT2D eigenvalue weighted by Gasteiger charge is 2.57. The van der Waals surface area contributed by atoms with E-state index in [1.807, 2.05) is 6.07 Å². The number of furan rings is 1. The summed E-state index contributed by atoms with van der Waals surface area (Å²) in [4.78, 5) is 27.8. The number of carbonyl (C=O) groups excluding carboxylic acids is 2. The van der Waals surface area contributed by atoms with Gasteiger partial charge in [0.1, 0.15) is 17.6 Å². The quantitative estimate of drug-likeness (QED) is 0.443. The fraction of sp³-hybridized carbons (Fsp3) is 0.462. The van der Waals surface area contributed by atoms with Crippen molar-refractivity contribution in [3.63, 3.8) is 0 Å². The number of hydrogen-bond acceptors (Lipinski definition) is 8. The van der Waals surface area contributed by atoms with Crippen molar-refractivity contribution in [2.75, 3.05) is 31.6 Å². The topological polar surface area (TPSA) is 117 Å². The minimum absolute atomic E-state index is 0.102. The Bertz CT molecular complexity index is 1230. The average Bonchev–Trinajstić information content (AvgIpc) is 3.43. The number of benzene rings is 1. The molecule has 1 aromatic carbocycles. The van der Waals surface area contributed by atoms with Crippen LogP contribution >= 0.6 is 0 Å².